The number of carbonyl (C=O) groups is 1. The number of hydrogen-bond acceptors (Lipinski definition) is 8. The van der Waals surface area contributed by atoms with Crippen LogP contribution in [0.1, 0.15) is 33.5 Å². The van der Waals surface area contributed by atoms with Gasteiger partial charge in [-0.05, 0) is 23.8 Å². The molecular formula is C23H23F4N5O5S. The molecule has 0 amide bonds. The van der Waals surface area contributed by atoms with Crippen molar-refractivity contribution in [2.45, 2.75) is 43.6 Å². The monoisotopic (exact) mass is 557 g/mol. The largest absolute Gasteiger partial charge is 0.416 e. The molecule has 1 aromatic carbocycles. The lowest BCUT2D eigenvalue weighted by atomic mass is 10.1. The molecule has 0 unspecified atom stereocenters. The first-order valence-corrected chi connectivity index (χ1v) is 12.7. The van der Waals surface area contributed by atoms with Gasteiger partial charge in [0.1, 0.15) is 30.5 Å². The van der Waals surface area contributed by atoms with Crippen molar-refractivity contribution >= 4 is 21.9 Å². The van der Waals surface area contributed by atoms with Crippen LogP contribution in [-0.4, -0.2) is 65.3 Å². The summed E-state index contributed by atoms with van der Waals surface area (Å²) in [6.45, 7) is 0.0774. The van der Waals surface area contributed by atoms with Gasteiger partial charge in [-0.15, -0.1) is 0 Å². The van der Waals surface area contributed by atoms with E-state index in [2.05, 4.69) is 15.3 Å². The van der Waals surface area contributed by atoms with Gasteiger partial charge >= 0.3 is 16.5 Å². The molecule has 3 N–H and O–H groups in total. The number of rotatable bonds is 9. The summed E-state index contributed by atoms with van der Waals surface area (Å²) in [4.78, 5) is 21.0. The molecule has 1 fully saturated rings. The van der Waals surface area contributed by atoms with Crippen LogP contribution in [0, 0.1) is 0 Å². The van der Waals surface area contributed by atoms with Gasteiger partial charge < -0.3 is 15.0 Å². The Bertz CT molecular complexity index is 1410. The molecule has 1 saturated carbocycles. The lowest BCUT2D eigenvalue weighted by molar-refractivity contribution is -0.137. The van der Waals surface area contributed by atoms with Gasteiger partial charge in [0.25, 0.3) is 0 Å². The van der Waals surface area contributed by atoms with Crippen molar-refractivity contribution in [3.63, 3.8) is 0 Å². The highest BCUT2D eigenvalue weighted by molar-refractivity contribution is 7.84. The Morgan fingerprint density at radius 2 is 2.05 bits per heavy atom. The number of hydrogen-bond donors (Lipinski definition) is 3. The molecule has 2 heterocycles. The summed E-state index contributed by atoms with van der Waals surface area (Å²) in [7, 11) is -3.08. The van der Waals surface area contributed by atoms with Crippen LogP contribution in [-0.2, 0) is 27.2 Å². The minimum atomic E-state index is -4.48. The second kappa shape index (κ2) is 10.8. The summed E-state index contributed by atoms with van der Waals surface area (Å²) in [5, 5.41) is 12.8. The van der Waals surface area contributed by atoms with E-state index in [1.807, 2.05) is 4.72 Å². The number of nitrogens with one attached hydrogen (secondary N) is 2. The average molecular weight is 558 g/mol. The maximum absolute atomic E-state index is 14.8. The van der Waals surface area contributed by atoms with E-state index in [0.717, 1.165) is 25.5 Å². The van der Waals surface area contributed by atoms with Crippen molar-refractivity contribution in [1.82, 2.24) is 19.3 Å². The van der Waals surface area contributed by atoms with Gasteiger partial charge in [0, 0.05) is 44.2 Å². The van der Waals surface area contributed by atoms with Gasteiger partial charge in [0.15, 0.2) is 5.78 Å². The summed E-state index contributed by atoms with van der Waals surface area (Å²) in [5.41, 5.74) is -0.252. The first-order chi connectivity index (χ1) is 17.9. The number of aromatic nitrogens is 3. The van der Waals surface area contributed by atoms with E-state index >= 15 is 0 Å². The summed E-state index contributed by atoms with van der Waals surface area (Å²) >= 11 is 0. The van der Waals surface area contributed by atoms with Crippen molar-refractivity contribution in [3.05, 3.63) is 77.5 Å². The molecule has 1 aliphatic rings. The number of halogens is 4. The molecule has 4 rings (SSSR count). The van der Waals surface area contributed by atoms with E-state index in [9.17, 15) is 35.9 Å². The summed E-state index contributed by atoms with van der Waals surface area (Å²) in [6, 6.07) is 5.17. The Balaban J connectivity index is 1.49. The van der Waals surface area contributed by atoms with Crippen LogP contribution in [0.4, 0.5) is 23.4 Å². The maximum atomic E-state index is 14.8. The van der Waals surface area contributed by atoms with Crippen LogP contribution in [0.15, 0.2) is 55.2 Å². The van der Waals surface area contributed by atoms with Gasteiger partial charge in [-0.2, -0.15) is 26.3 Å². The Morgan fingerprint density at radius 3 is 2.76 bits per heavy atom. The van der Waals surface area contributed by atoms with E-state index in [4.69, 9.17) is 4.18 Å². The van der Waals surface area contributed by atoms with E-state index in [-0.39, 0.29) is 29.9 Å². The number of aliphatic hydroxyl groups excluding tert-OH is 1. The van der Waals surface area contributed by atoms with Crippen molar-refractivity contribution < 1.29 is 40.1 Å². The summed E-state index contributed by atoms with van der Waals surface area (Å²) in [6.07, 6.45) is -4.47. The van der Waals surface area contributed by atoms with Crippen LogP contribution in [0.2, 0.25) is 0 Å². The summed E-state index contributed by atoms with van der Waals surface area (Å²) in [5.74, 6) is -0.594. The lowest BCUT2D eigenvalue weighted by Gasteiger charge is -2.17. The number of ketones is 1. The highest BCUT2D eigenvalue weighted by Crippen LogP contribution is 2.31. The van der Waals surface area contributed by atoms with Crippen molar-refractivity contribution in [2.75, 3.05) is 12.4 Å². The quantitative estimate of drug-likeness (QED) is 0.270. The predicted octanol–water partition coefficient (Wildman–Crippen LogP) is 2.31. The Hall–Kier alpha value is -3.40. The van der Waals surface area contributed by atoms with Crippen LogP contribution in [0.5, 0.6) is 0 Å². The fraction of sp³-hybridized carbons (Fsp3) is 0.348. The molecule has 0 saturated heterocycles. The number of nitrogens with zero attached hydrogens (tertiary/aromatic N) is 3. The molecule has 0 aliphatic heterocycles. The van der Waals surface area contributed by atoms with Gasteiger partial charge in [0.05, 0.1) is 17.2 Å². The third-order valence-corrected chi connectivity index (χ3v) is 6.99. The minimum Gasteiger partial charge on any atom is -0.387 e. The molecule has 0 spiro atoms. The molecule has 15 heteroatoms. The zero-order chi connectivity index (χ0) is 27.7. The third kappa shape index (κ3) is 6.18. The molecule has 10 nitrogen and oxygen atoms in total. The Morgan fingerprint density at radius 1 is 1.29 bits per heavy atom. The van der Waals surface area contributed by atoms with Gasteiger partial charge in [-0.1, -0.05) is 12.1 Å². The van der Waals surface area contributed by atoms with E-state index in [0.29, 0.717) is 5.56 Å². The number of aliphatic hydroxyl groups is 1. The molecule has 38 heavy (non-hydrogen) atoms. The van der Waals surface area contributed by atoms with Crippen LogP contribution >= 0.6 is 0 Å². The molecule has 4 atom stereocenters. The fourth-order valence-corrected chi connectivity index (χ4v) is 4.69. The molecule has 2 aromatic heterocycles. The average Bonchev–Trinajstić information content (AvgIpc) is 3.44. The van der Waals surface area contributed by atoms with Crippen molar-refractivity contribution in [1.29, 1.82) is 0 Å². The number of anilines is 1. The third-order valence-electron chi connectivity index (χ3n) is 5.99. The highest BCUT2D eigenvalue weighted by atomic mass is 32.2. The van der Waals surface area contributed by atoms with Gasteiger partial charge in [0.2, 0.25) is 0 Å². The first kappa shape index (κ1) is 27.6. The molecule has 3 aromatic rings. The first-order valence-electron chi connectivity index (χ1n) is 11.2. The summed E-state index contributed by atoms with van der Waals surface area (Å²) < 4.78 is 85.3. The SMILES string of the molecule is CNS(=O)(=O)O[C@@H]1C[C@@H](Nc2ncncc2C(=O)c2ccn(Cc3cccc(C(F)(F)F)c3)c2)[C@@H](F)[C@@H]1O. The number of carbonyl (C=O) groups excluding carboxylic acids is 1. The van der Waals surface area contributed by atoms with Crippen LogP contribution in [0.3, 0.4) is 0 Å². The van der Waals surface area contributed by atoms with Crippen LogP contribution in [0.25, 0.3) is 0 Å². The second-order valence-electron chi connectivity index (χ2n) is 8.60. The molecule has 1 aliphatic carbocycles. The Labute approximate surface area is 214 Å². The van der Waals surface area contributed by atoms with Gasteiger partial charge in [-0.3, -0.25) is 8.98 Å². The van der Waals surface area contributed by atoms with E-state index in [1.165, 1.54) is 41.4 Å². The normalized spacial score (nSPS) is 21.9. The predicted molar refractivity (Wildman–Crippen MR) is 126 cm³/mol. The van der Waals surface area contributed by atoms with E-state index < -0.39 is 52.2 Å². The molecular weight excluding hydrogens is 534 g/mol. The number of benzene rings is 1. The molecule has 0 bridgehead atoms. The topological polar surface area (TPSA) is 135 Å². The molecule has 0 radical (unpaired) electrons. The fourth-order valence-electron chi connectivity index (χ4n) is 4.08. The lowest BCUT2D eigenvalue weighted by Crippen LogP contribution is -2.35. The van der Waals surface area contributed by atoms with Crippen LogP contribution < -0.4 is 10.0 Å². The van der Waals surface area contributed by atoms with Gasteiger partial charge in [-0.25, -0.2) is 14.4 Å². The Kier molecular flexibility index (Phi) is 7.83. The molecule has 204 valence electrons. The van der Waals surface area contributed by atoms with Crippen molar-refractivity contribution in [3.8, 4) is 0 Å². The zero-order valence-corrected chi connectivity index (χ0v) is 20.6. The number of alkyl halides is 4. The second-order valence-corrected chi connectivity index (χ2v) is 10.1. The standard InChI is InChI=1S/C23H23F4N5O5S/c1-28-38(35,36)37-18-8-17(19(24)21(18)34)31-22-16(9-29-12-30-22)20(33)14-5-6-32(11-14)10-13-3-2-4-15(7-13)23(25,26)27/h2-7,9,11-12,17-19,21,28,34H,8,10H2,1H3,(H,29,30,31)/t17-,18-,19-,21-/m1/s1. The van der Waals surface area contributed by atoms with E-state index in [1.54, 1.807) is 0 Å². The zero-order valence-electron chi connectivity index (χ0n) is 19.8. The highest BCUT2D eigenvalue weighted by Gasteiger charge is 2.46. The minimum absolute atomic E-state index is 0.0294. The maximum Gasteiger partial charge on any atom is 0.416 e. The van der Waals surface area contributed by atoms with Crippen molar-refractivity contribution in [2.24, 2.45) is 0 Å². The smallest absolute Gasteiger partial charge is 0.387 e.